The number of carbonyl (C=O) groups excluding carboxylic acids is 1. The molecule has 1 aliphatic carbocycles. The average molecular weight is 249 g/mol. The molecule has 0 aromatic rings. The van der Waals surface area contributed by atoms with Gasteiger partial charge in [-0.05, 0) is 19.8 Å². The number of rotatable bonds is 6. The van der Waals surface area contributed by atoms with Crippen LogP contribution in [0, 0.1) is 0 Å². The van der Waals surface area contributed by atoms with Crippen molar-refractivity contribution >= 4 is 18.3 Å². The first-order valence-electron chi connectivity index (χ1n) is 5.93. The summed E-state index contributed by atoms with van der Waals surface area (Å²) in [6.07, 6.45) is 3.26. The normalized spacial score (nSPS) is 19.8. The van der Waals surface area contributed by atoms with Crippen molar-refractivity contribution in [2.45, 2.75) is 38.3 Å². The first kappa shape index (κ1) is 13.7. The Bertz CT molecular complexity index is 230. The zero-order valence-electron chi connectivity index (χ0n) is 9.78. The summed E-state index contributed by atoms with van der Waals surface area (Å²) < 4.78 is 5.53. The summed E-state index contributed by atoms with van der Waals surface area (Å²) in [5, 5.41) is 3.14. The Balaban J connectivity index is 0.00000128. The molecule has 0 radical (unpaired) electrons. The second-order valence-corrected chi connectivity index (χ2v) is 4.31. The molecule has 2 aliphatic rings. The molecular formula is C11H21ClN2O2. The Morgan fingerprint density at radius 1 is 1.44 bits per heavy atom. The van der Waals surface area contributed by atoms with Crippen LogP contribution in [0.2, 0.25) is 0 Å². The summed E-state index contributed by atoms with van der Waals surface area (Å²) in [7, 11) is 0. The topological polar surface area (TPSA) is 41.6 Å². The maximum atomic E-state index is 11.8. The maximum Gasteiger partial charge on any atom is 0.225 e. The maximum absolute atomic E-state index is 11.8. The second-order valence-electron chi connectivity index (χ2n) is 4.31. The molecule has 1 N–H and O–H groups in total. The molecule has 0 aromatic heterocycles. The molecule has 1 saturated heterocycles. The Hall–Kier alpha value is -0.320. The first-order chi connectivity index (χ1) is 7.31. The van der Waals surface area contributed by atoms with Crippen LogP contribution < -0.4 is 5.32 Å². The summed E-state index contributed by atoms with van der Waals surface area (Å²) >= 11 is 0. The predicted molar refractivity (Wildman–Crippen MR) is 64.9 cm³/mol. The van der Waals surface area contributed by atoms with Crippen molar-refractivity contribution < 1.29 is 9.53 Å². The van der Waals surface area contributed by atoms with Crippen LogP contribution in [0.25, 0.3) is 0 Å². The minimum absolute atomic E-state index is 0. The molecular weight excluding hydrogens is 228 g/mol. The first-order valence-corrected chi connectivity index (χ1v) is 5.93. The van der Waals surface area contributed by atoms with Gasteiger partial charge in [0.25, 0.3) is 0 Å². The van der Waals surface area contributed by atoms with Gasteiger partial charge in [-0.2, -0.15) is 0 Å². The summed E-state index contributed by atoms with van der Waals surface area (Å²) in [4.78, 5) is 13.8. The summed E-state index contributed by atoms with van der Waals surface area (Å²) in [5.74, 6) is 0.257. The van der Waals surface area contributed by atoms with Crippen LogP contribution in [0.15, 0.2) is 0 Å². The van der Waals surface area contributed by atoms with Gasteiger partial charge in [0.1, 0.15) is 0 Å². The lowest BCUT2D eigenvalue weighted by Crippen LogP contribution is -2.48. The van der Waals surface area contributed by atoms with E-state index in [4.69, 9.17) is 4.74 Å². The van der Waals surface area contributed by atoms with E-state index in [2.05, 4.69) is 5.32 Å². The SMILES string of the molecule is CCN(C(=O)CCOC1CNC1)C1CC1.Cl. The molecule has 94 valence electrons. The van der Waals surface area contributed by atoms with Crippen LogP contribution >= 0.6 is 12.4 Å². The van der Waals surface area contributed by atoms with E-state index < -0.39 is 0 Å². The summed E-state index contributed by atoms with van der Waals surface area (Å²) in [6, 6.07) is 0.535. The number of carbonyl (C=O) groups is 1. The van der Waals surface area contributed by atoms with Crippen LogP contribution in [-0.4, -0.2) is 49.2 Å². The largest absolute Gasteiger partial charge is 0.375 e. The van der Waals surface area contributed by atoms with Gasteiger partial charge in [0, 0.05) is 25.7 Å². The third-order valence-corrected chi connectivity index (χ3v) is 3.06. The zero-order chi connectivity index (χ0) is 10.7. The predicted octanol–water partition coefficient (Wildman–Crippen LogP) is 0.798. The van der Waals surface area contributed by atoms with Crippen LogP contribution in [0.1, 0.15) is 26.2 Å². The van der Waals surface area contributed by atoms with Crippen molar-refractivity contribution in [3.8, 4) is 0 Å². The lowest BCUT2D eigenvalue weighted by Gasteiger charge is -2.27. The van der Waals surface area contributed by atoms with Crippen LogP contribution in [0.3, 0.4) is 0 Å². The molecule has 1 amide bonds. The van der Waals surface area contributed by atoms with Crippen molar-refractivity contribution in [1.82, 2.24) is 10.2 Å². The van der Waals surface area contributed by atoms with Crippen LogP contribution in [0.5, 0.6) is 0 Å². The molecule has 0 spiro atoms. The second kappa shape index (κ2) is 6.42. The van der Waals surface area contributed by atoms with Crippen LogP contribution in [0.4, 0.5) is 0 Å². The molecule has 1 saturated carbocycles. The smallest absolute Gasteiger partial charge is 0.225 e. The molecule has 0 unspecified atom stereocenters. The van der Waals surface area contributed by atoms with E-state index in [0.29, 0.717) is 25.2 Å². The third kappa shape index (κ3) is 3.61. The molecule has 1 heterocycles. The van der Waals surface area contributed by atoms with Gasteiger partial charge in [0.15, 0.2) is 0 Å². The van der Waals surface area contributed by atoms with Crippen molar-refractivity contribution in [3.63, 3.8) is 0 Å². The molecule has 5 heteroatoms. The average Bonchev–Trinajstić information content (AvgIpc) is 2.94. The molecule has 0 bridgehead atoms. The Labute approximate surface area is 103 Å². The van der Waals surface area contributed by atoms with E-state index in [0.717, 1.165) is 19.6 Å². The fraction of sp³-hybridized carbons (Fsp3) is 0.909. The van der Waals surface area contributed by atoms with Gasteiger partial charge >= 0.3 is 0 Å². The standard InChI is InChI=1S/C11H20N2O2.ClH/c1-2-13(9-3-4-9)11(14)5-6-15-10-7-12-8-10;/h9-10,12H,2-8H2,1H3;1H. The van der Waals surface area contributed by atoms with E-state index in [1.165, 1.54) is 12.8 Å². The molecule has 1 aliphatic heterocycles. The quantitative estimate of drug-likeness (QED) is 0.756. The van der Waals surface area contributed by atoms with Crippen molar-refractivity contribution in [1.29, 1.82) is 0 Å². The van der Waals surface area contributed by atoms with E-state index in [-0.39, 0.29) is 18.3 Å². The zero-order valence-corrected chi connectivity index (χ0v) is 10.6. The number of halogens is 1. The van der Waals surface area contributed by atoms with Crippen molar-refractivity contribution in [2.75, 3.05) is 26.2 Å². The van der Waals surface area contributed by atoms with E-state index in [1.807, 2.05) is 11.8 Å². The van der Waals surface area contributed by atoms with Gasteiger partial charge in [-0.1, -0.05) is 0 Å². The Morgan fingerprint density at radius 2 is 2.12 bits per heavy atom. The Kier molecular flexibility index (Phi) is 5.52. The molecule has 2 rings (SSSR count). The number of ether oxygens (including phenoxy) is 1. The van der Waals surface area contributed by atoms with Crippen molar-refractivity contribution in [2.24, 2.45) is 0 Å². The summed E-state index contributed by atoms with van der Waals surface area (Å²) in [6.45, 7) is 5.35. The van der Waals surface area contributed by atoms with E-state index >= 15 is 0 Å². The highest BCUT2D eigenvalue weighted by molar-refractivity contribution is 5.85. The fourth-order valence-corrected chi connectivity index (χ4v) is 1.86. The highest BCUT2D eigenvalue weighted by atomic mass is 35.5. The number of amides is 1. The number of nitrogens with one attached hydrogen (secondary N) is 1. The van der Waals surface area contributed by atoms with Gasteiger partial charge in [-0.15, -0.1) is 12.4 Å². The van der Waals surface area contributed by atoms with Gasteiger partial charge in [0.2, 0.25) is 5.91 Å². The number of hydrogen-bond donors (Lipinski definition) is 1. The fourth-order valence-electron chi connectivity index (χ4n) is 1.86. The molecule has 0 aromatic carbocycles. The monoisotopic (exact) mass is 248 g/mol. The molecule has 16 heavy (non-hydrogen) atoms. The minimum Gasteiger partial charge on any atom is -0.375 e. The Morgan fingerprint density at radius 3 is 2.56 bits per heavy atom. The van der Waals surface area contributed by atoms with Gasteiger partial charge in [-0.25, -0.2) is 0 Å². The highest BCUT2D eigenvalue weighted by Crippen LogP contribution is 2.26. The molecule has 0 atom stereocenters. The van der Waals surface area contributed by atoms with Crippen LogP contribution in [-0.2, 0) is 9.53 Å². The van der Waals surface area contributed by atoms with Gasteiger partial charge in [-0.3, -0.25) is 4.79 Å². The number of hydrogen-bond acceptors (Lipinski definition) is 3. The minimum atomic E-state index is 0. The lowest BCUT2D eigenvalue weighted by atomic mass is 10.2. The van der Waals surface area contributed by atoms with Crippen molar-refractivity contribution in [3.05, 3.63) is 0 Å². The van der Waals surface area contributed by atoms with Gasteiger partial charge in [0.05, 0.1) is 19.1 Å². The van der Waals surface area contributed by atoms with Gasteiger partial charge < -0.3 is 15.0 Å². The number of nitrogens with zero attached hydrogens (tertiary/aromatic N) is 1. The third-order valence-electron chi connectivity index (χ3n) is 3.06. The lowest BCUT2D eigenvalue weighted by molar-refractivity contribution is -0.133. The van der Waals surface area contributed by atoms with E-state index in [9.17, 15) is 4.79 Å². The summed E-state index contributed by atoms with van der Waals surface area (Å²) in [5.41, 5.74) is 0. The molecule has 4 nitrogen and oxygen atoms in total. The molecule has 2 fully saturated rings. The highest BCUT2D eigenvalue weighted by Gasteiger charge is 2.31. The van der Waals surface area contributed by atoms with E-state index in [1.54, 1.807) is 0 Å².